The lowest BCUT2D eigenvalue weighted by atomic mass is 10.1. The van der Waals surface area contributed by atoms with E-state index >= 15 is 0 Å². The van der Waals surface area contributed by atoms with E-state index in [0.29, 0.717) is 13.0 Å². The second-order valence-corrected chi connectivity index (χ2v) is 3.33. The second-order valence-electron chi connectivity index (χ2n) is 3.33. The number of amides is 1. The lowest BCUT2D eigenvalue weighted by Gasteiger charge is -2.15. The molecule has 14 heavy (non-hydrogen) atoms. The number of methoxy groups -OCH3 is 1. The molecule has 0 radical (unpaired) electrons. The van der Waals surface area contributed by atoms with Gasteiger partial charge < -0.3 is 20.9 Å². The van der Waals surface area contributed by atoms with Crippen LogP contribution < -0.4 is 11.1 Å². The molecule has 0 heterocycles. The predicted molar refractivity (Wildman–Crippen MR) is 53.8 cm³/mol. The Kier molecular flexibility index (Phi) is 7.37. The van der Waals surface area contributed by atoms with E-state index in [4.69, 9.17) is 15.6 Å². The Morgan fingerprint density at radius 2 is 2.29 bits per heavy atom. The smallest absolute Gasteiger partial charge is 0.237 e. The normalized spacial score (nSPS) is 14.9. The van der Waals surface area contributed by atoms with Crippen molar-refractivity contribution in [1.29, 1.82) is 0 Å². The minimum atomic E-state index is -0.515. The van der Waals surface area contributed by atoms with Crippen LogP contribution in [0.2, 0.25) is 0 Å². The van der Waals surface area contributed by atoms with Crippen molar-refractivity contribution in [2.75, 3.05) is 20.3 Å². The number of nitrogens with one attached hydrogen (secondary N) is 1. The van der Waals surface area contributed by atoms with Crippen molar-refractivity contribution in [2.24, 2.45) is 5.73 Å². The lowest BCUT2D eigenvalue weighted by Crippen LogP contribution is -2.45. The molecule has 0 aliphatic rings. The van der Waals surface area contributed by atoms with Crippen LogP contribution in [0, 0.1) is 0 Å². The predicted octanol–water partition coefficient (Wildman–Crippen LogP) is -0.763. The summed E-state index contributed by atoms with van der Waals surface area (Å²) in [6.07, 6.45) is 1.36. The Hall–Kier alpha value is -0.650. The third-order valence-electron chi connectivity index (χ3n) is 1.86. The largest absolute Gasteiger partial charge is 0.394 e. The lowest BCUT2D eigenvalue weighted by molar-refractivity contribution is -0.123. The summed E-state index contributed by atoms with van der Waals surface area (Å²) in [5.74, 6) is -0.220. The first-order chi connectivity index (χ1) is 6.61. The maximum Gasteiger partial charge on any atom is 0.237 e. The fourth-order valence-corrected chi connectivity index (χ4v) is 0.974. The summed E-state index contributed by atoms with van der Waals surface area (Å²) < 4.78 is 4.85. The monoisotopic (exact) mass is 204 g/mol. The Bertz CT molecular complexity index is 164. The molecule has 84 valence electrons. The molecule has 1 unspecified atom stereocenters. The third-order valence-corrected chi connectivity index (χ3v) is 1.86. The first kappa shape index (κ1) is 13.4. The van der Waals surface area contributed by atoms with Crippen LogP contribution >= 0.6 is 0 Å². The number of carbonyl (C=O) groups excluding carboxylic acids is 1. The van der Waals surface area contributed by atoms with Gasteiger partial charge >= 0.3 is 0 Å². The summed E-state index contributed by atoms with van der Waals surface area (Å²) in [4.78, 5) is 11.3. The van der Waals surface area contributed by atoms with Crippen LogP contribution in [-0.2, 0) is 9.53 Å². The highest BCUT2D eigenvalue weighted by molar-refractivity contribution is 5.81. The number of nitrogens with two attached hydrogens (primary N) is 1. The van der Waals surface area contributed by atoms with E-state index in [1.54, 1.807) is 14.0 Å². The van der Waals surface area contributed by atoms with E-state index in [1.807, 2.05) is 0 Å². The van der Waals surface area contributed by atoms with Gasteiger partial charge in [-0.3, -0.25) is 4.79 Å². The molecule has 0 bridgehead atoms. The van der Waals surface area contributed by atoms with Gasteiger partial charge in [0.05, 0.1) is 12.6 Å². The van der Waals surface area contributed by atoms with E-state index in [-0.39, 0.29) is 18.6 Å². The fraction of sp³-hybridized carbons (Fsp3) is 0.889. The van der Waals surface area contributed by atoms with Gasteiger partial charge in [-0.2, -0.15) is 0 Å². The molecule has 0 spiro atoms. The number of ether oxygens (including phenoxy) is 1. The number of rotatable bonds is 7. The molecule has 5 heteroatoms. The van der Waals surface area contributed by atoms with Gasteiger partial charge in [0.1, 0.15) is 0 Å². The highest BCUT2D eigenvalue weighted by atomic mass is 16.5. The molecule has 4 N–H and O–H groups in total. The maximum absolute atomic E-state index is 11.3. The van der Waals surface area contributed by atoms with Gasteiger partial charge in [0, 0.05) is 19.8 Å². The maximum atomic E-state index is 11.3. The highest BCUT2D eigenvalue weighted by Gasteiger charge is 2.14. The zero-order chi connectivity index (χ0) is 11.0. The first-order valence-electron chi connectivity index (χ1n) is 4.77. The Morgan fingerprint density at radius 3 is 2.79 bits per heavy atom. The van der Waals surface area contributed by atoms with Crippen molar-refractivity contribution in [3.05, 3.63) is 0 Å². The van der Waals surface area contributed by atoms with Crippen molar-refractivity contribution in [3.63, 3.8) is 0 Å². The minimum absolute atomic E-state index is 0.0729. The molecule has 0 aromatic rings. The van der Waals surface area contributed by atoms with Crippen LogP contribution in [0.3, 0.4) is 0 Å². The van der Waals surface area contributed by atoms with E-state index in [9.17, 15) is 4.79 Å². The molecule has 0 fully saturated rings. The van der Waals surface area contributed by atoms with Gasteiger partial charge in [-0.25, -0.2) is 0 Å². The topological polar surface area (TPSA) is 84.6 Å². The highest BCUT2D eigenvalue weighted by Crippen LogP contribution is 1.95. The van der Waals surface area contributed by atoms with Gasteiger partial charge in [-0.1, -0.05) is 0 Å². The second kappa shape index (κ2) is 7.73. The molecule has 0 saturated heterocycles. The van der Waals surface area contributed by atoms with Gasteiger partial charge in [-0.05, 0) is 19.8 Å². The van der Waals surface area contributed by atoms with Crippen molar-refractivity contribution in [2.45, 2.75) is 31.8 Å². The molecular weight excluding hydrogens is 184 g/mol. The van der Waals surface area contributed by atoms with Crippen molar-refractivity contribution < 1.29 is 14.6 Å². The van der Waals surface area contributed by atoms with Gasteiger partial charge in [0.2, 0.25) is 5.91 Å². The molecule has 0 aliphatic heterocycles. The number of hydrogen-bond acceptors (Lipinski definition) is 4. The molecular formula is C9H20N2O3. The van der Waals surface area contributed by atoms with Crippen molar-refractivity contribution in [1.82, 2.24) is 5.32 Å². The molecule has 0 saturated carbocycles. The molecule has 1 amide bonds. The number of carbonyl (C=O) groups is 1. The van der Waals surface area contributed by atoms with E-state index in [2.05, 4.69) is 5.32 Å². The van der Waals surface area contributed by atoms with E-state index in [0.717, 1.165) is 6.42 Å². The Balaban J connectivity index is 3.64. The number of hydrogen-bond donors (Lipinski definition) is 3. The molecule has 0 aromatic carbocycles. The molecule has 0 aliphatic carbocycles. The summed E-state index contributed by atoms with van der Waals surface area (Å²) in [5.41, 5.74) is 5.61. The molecule has 0 aromatic heterocycles. The average Bonchev–Trinajstić information content (AvgIpc) is 2.17. The summed E-state index contributed by atoms with van der Waals surface area (Å²) >= 11 is 0. The van der Waals surface area contributed by atoms with Crippen LogP contribution in [0.4, 0.5) is 0 Å². The van der Waals surface area contributed by atoms with Gasteiger partial charge in [0.25, 0.3) is 0 Å². The van der Waals surface area contributed by atoms with Gasteiger partial charge in [-0.15, -0.1) is 0 Å². The molecule has 0 rings (SSSR count). The SMILES string of the molecule is COCCCC(N)C(=O)N[C@H](C)CO. The summed E-state index contributed by atoms with van der Waals surface area (Å²) in [6.45, 7) is 2.26. The number of aliphatic hydroxyl groups is 1. The van der Waals surface area contributed by atoms with Crippen LogP contribution in [0.15, 0.2) is 0 Å². The fourth-order valence-electron chi connectivity index (χ4n) is 0.974. The average molecular weight is 204 g/mol. The third kappa shape index (κ3) is 5.90. The van der Waals surface area contributed by atoms with Crippen molar-refractivity contribution >= 4 is 5.91 Å². The number of aliphatic hydroxyl groups excluding tert-OH is 1. The zero-order valence-corrected chi connectivity index (χ0v) is 8.82. The standard InChI is InChI=1S/C9H20N2O3/c1-7(6-12)11-9(13)8(10)4-3-5-14-2/h7-8,12H,3-6,10H2,1-2H3,(H,11,13)/t7-,8?/m1/s1. The van der Waals surface area contributed by atoms with Crippen molar-refractivity contribution in [3.8, 4) is 0 Å². The summed E-state index contributed by atoms with van der Waals surface area (Å²) in [6, 6.07) is -0.755. The van der Waals surface area contributed by atoms with Crippen LogP contribution in [0.25, 0.3) is 0 Å². The minimum Gasteiger partial charge on any atom is -0.394 e. The quantitative estimate of drug-likeness (QED) is 0.476. The van der Waals surface area contributed by atoms with Crippen LogP contribution in [0.5, 0.6) is 0 Å². The summed E-state index contributed by atoms with van der Waals surface area (Å²) in [5, 5.41) is 11.3. The molecule has 5 nitrogen and oxygen atoms in total. The van der Waals surface area contributed by atoms with Crippen LogP contribution in [0.1, 0.15) is 19.8 Å². The summed E-state index contributed by atoms with van der Waals surface area (Å²) in [7, 11) is 1.61. The Labute approximate surface area is 84.6 Å². The zero-order valence-electron chi connectivity index (χ0n) is 8.82. The van der Waals surface area contributed by atoms with E-state index in [1.165, 1.54) is 0 Å². The Morgan fingerprint density at radius 1 is 1.64 bits per heavy atom. The first-order valence-corrected chi connectivity index (χ1v) is 4.77. The van der Waals surface area contributed by atoms with Gasteiger partial charge in [0.15, 0.2) is 0 Å². The molecule has 2 atom stereocenters. The van der Waals surface area contributed by atoms with Crippen LogP contribution in [-0.4, -0.2) is 43.4 Å². The van der Waals surface area contributed by atoms with E-state index < -0.39 is 6.04 Å².